The first kappa shape index (κ1) is 17.0. The Bertz CT molecular complexity index is 862. The maximum absolute atomic E-state index is 13.0. The quantitative estimate of drug-likeness (QED) is 0.793. The summed E-state index contributed by atoms with van der Waals surface area (Å²) in [7, 11) is 0. The predicted molar refractivity (Wildman–Crippen MR) is 95.8 cm³/mol. The molecule has 2 fully saturated rings. The average molecular weight is 361 g/mol. The normalized spacial score (nSPS) is 19.2. The Morgan fingerprint density at radius 1 is 1.31 bits per heavy atom. The zero-order chi connectivity index (χ0) is 18.1. The molecule has 4 rings (SSSR count). The number of hydrogen-bond acceptors (Lipinski definition) is 6. The molecule has 9 heteroatoms. The number of carboxylic acid groups (broad SMARTS) is 1. The van der Waals surface area contributed by atoms with E-state index in [-0.39, 0.29) is 18.3 Å². The fourth-order valence-electron chi connectivity index (χ4n) is 3.82. The molecule has 0 amide bonds. The van der Waals surface area contributed by atoms with Crippen molar-refractivity contribution in [2.24, 2.45) is 0 Å². The number of anilines is 1. The summed E-state index contributed by atoms with van der Waals surface area (Å²) in [5.41, 5.74) is 1.75. The minimum Gasteiger partial charge on any atom is -0.480 e. The van der Waals surface area contributed by atoms with Gasteiger partial charge in [-0.3, -0.25) is 13.9 Å². The maximum Gasteiger partial charge on any atom is 0.331 e. The first-order valence-corrected chi connectivity index (χ1v) is 9.01. The molecule has 140 valence electrons. The molecule has 2 aliphatic rings. The summed E-state index contributed by atoms with van der Waals surface area (Å²) in [6.45, 7) is 4.13. The molecule has 0 spiro atoms. The number of nitrogens with one attached hydrogen (secondary N) is 1. The number of morpholine rings is 1. The van der Waals surface area contributed by atoms with Gasteiger partial charge < -0.3 is 20.1 Å². The van der Waals surface area contributed by atoms with E-state index in [2.05, 4.69) is 15.2 Å². The molecule has 2 aromatic rings. The molecule has 2 aromatic heterocycles. The molecule has 2 N–H and O–H groups in total. The predicted octanol–water partition coefficient (Wildman–Crippen LogP) is 0.0437. The van der Waals surface area contributed by atoms with Gasteiger partial charge in [-0.2, -0.15) is 0 Å². The van der Waals surface area contributed by atoms with Gasteiger partial charge >= 0.3 is 11.7 Å². The number of aliphatic carboxylic acids is 1. The van der Waals surface area contributed by atoms with Crippen molar-refractivity contribution in [2.75, 3.05) is 44.3 Å². The number of imidazole rings is 1. The summed E-state index contributed by atoms with van der Waals surface area (Å²) in [6.07, 6.45) is 3.44. The third-order valence-corrected chi connectivity index (χ3v) is 5.13. The highest BCUT2D eigenvalue weighted by molar-refractivity contribution is 5.78. The molecular formula is C17H23N5O4. The Labute approximate surface area is 150 Å². The van der Waals surface area contributed by atoms with Crippen molar-refractivity contribution in [3.05, 3.63) is 22.7 Å². The van der Waals surface area contributed by atoms with Gasteiger partial charge in [-0.1, -0.05) is 0 Å². The van der Waals surface area contributed by atoms with Crippen molar-refractivity contribution in [1.29, 1.82) is 0 Å². The smallest absolute Gasteiger partial charge is 0.331 e. The van der Waals surface area contributed by atoms with Crippen molar-refractivity contribution in [3.8, 4) is 0 Å². The molecule has 26 heavy (non-hydrogen) atoms. The highest BCUT2D eigenvalue weighted by Crippen LogP contribution is 2.25. The minimum atomic E-state index is -1.03. The van der Waals surface area contributed by atoms with Gasteiger partial charge in [-0.05, 0) is 32.0 Å². The number of aromatic nitrogens is 3. The second-order valence-electron chi connectivity index (χ2n) is 6.75. The van der Waals surface area contributed by atoms with E-state index < -0.39 is 5.97 Å². The van der Waals surface area contributed by atoms with Crippen LogP contribution in [-0.4, -0.2) is 64.6 Å². The second-order valence-corrected chi connectivity index (χ2v) is 6.75. The van der Waals surface area contributed by atoms with E-state index in [0.29, 0.717) is 24.4 Å². The second kappa shape index (κ2) is 7.08. The van der Waals surface area contributed by atoms with Crippen LogP contribution in [0.2, 0.25) is 0 Å². The molecule has 0 atom stereocenters. The summed E-state index contributed by atoms with van der Waals surface area (Å²) in [6, 6.07) is 1.93. The van der Waals surface area contributed by atoms with E-state index in [0.717, 1.165) is 44.7 Å². The molecule has 2 aliphatic heterocycles. The summed E-state index contributed by atoms with van der Waals surface area (Å²) in [4.78, 5) is 31.0. The number of ether oxygens (including phenoxy) is 1. The molecule has 0 unspecified atom stereocenters. The first-order chi connectivity index (χ1) is 12.6. The Morgan fingerprint density at radius 3 is 2.73 bits per heavy atom. The Hall–Kier alpha value is -2.39. The molecule has 9 nitrogen and oxygen atoms in total. The topological polar surface area (TPSA) is 102 Å². The largest absolute Gasteiger partial charge is 0.480 e. The monoisotopic (exact) mass is 361 g/mol. The van der Waals surface area contributed by atoms with E-state index >= 15 is 0 Å². The molecule has 0 aromatic carbocycles. The Kier molecular flexibility index (Phi) is 4.64. The summed E-state index contributed by atoms with van der Waals surface area (Å²) < 4.78 is 8.40. The molecule has 0 aliphatic carbocycles. The zero-order valence-corrected chi connectivity index (χ0v) is 14.6. The summed E-state index contributed by atoms with van der Waals surface area (Å²) in [5, 5.41) is 12.6. The highest BCUT2D eigenvalue weighted by atomic mass is 16.5. The molecular weight excluding hydrogens is 338 g/mol. The average Bonchev–Trinajstić information content (AvgIpc) is 2.94. The van der Waals surface area contributed by atoms with E-state index in [1.54, 1.807) is 10.8 Å². The third-order valence-electron chi connectivity index (χ3n) is 5.13. The van der Waals surface area contributed by atoms with Gasteiger partial charge in [0.15, 0.2) is 5.65 Å². The van der Waals surface area contributed by atoms with Gasteiger partial charge in [0.05, 0.1) is 30.6 Å². The van der Waals surface area contributed by atoms with Gasteiger partial charge in [0, 0.05) is 19.1 Å². The lowest BCUT2D eigenvalue weighted by molar-refractivity contribution is -0.137. The van der Waals surface area contributed by atoms with Crippen LogP contribution < -0.4 is 15.9 Å². The number of carbonyl (C=O) groups is 1. The number of pyridine rings is 1. The lowest BCUT2D eigenvalue weighted by atomic mass is 10.1. The standard InChI is InChI=1S/C17H23N5O4/c23-15(24)11-21-14-9-13(20-5-7-26-8-6-20)10-19-16(14)22(17(21)25)12-1-3-18-4-2-12/h9-10,12,18H,1-8,11H2,(H,23,24). The van der Waals surface area contributed by atoms with Crippen LogP contribution in [0, 0.1) is 0 Å². The molecule has 4 heterocycles. The Balaban J connectivity index is 1.82. The molecule has 0 bridgehead atoms. The fourth-order valence-corrected chi connectivity index (χ4v) is 3.82. The molecule has 0 saturated carbocycles. The van der Waals surface area contributed by atoms with Crippen LogP contribution in [0.5, 0.6) is 0 Å². The minimum absolute atomic E-state index is 0.0445. The molecule has 0 radical (unpaired) electrons. The lowest BCUT2D eigenvalue weighted by Gasteiger charge is -2.28. The van der Waals surface area contributed by atoms with Crippen LogP contribution in [0.3, 0.4) is 0 Å². The van der Waals surface area contributed by atoms with Gasteiger partial charge in [0.25, 0.3) is 0 Å². The van der Waals surface area contributed by atoms with E-state index in [1.807, 2.05) is 6.07 Å². The third kappa shape index (κ3) is 3.08. The molecule has 2 saturated heterocycles. The van der Waals surface area contributed by atoms with Gasteiger partial charge in [-0.25, -0.2) is 9.78 Å². The van der Waals surface area contributed by atoms with Crippen molar-refractivity contribution < 1.29 is 14.6 Å². The van der Waals surface area contributed by atoms with Crippen LogP contribution >= 0.6 is 0 Å². The van der Waals surface area contributed by atoms with Crippen molar-refractivity contribution in [2.45, 2.75) is 25.4 Å². The fraction of sp³-hybridized carbons (Fsp3) is 0.588. The van der Waals surface area contributed by atoms with E-state index in [1.165, 1.54) is 4.57 Å². The number of hydrogen-bond donors (Lipinski definition) is 2. The Morgan fingerprint density at radius 2 is 2.04 bits per heavy atom. The van der Waals surface area contributed by atoms with Crippen LogP contribution in [0.1, 0.15) is 18.9 Å². The van der Waals surface area contributed by atoms with Crippen molar-refractivity contribution >= 4 is 22.8 Å². The van der Waals surface area contributed by atoms with Crippen LogP contribution in [0.4, 0.5) is 5.69 Å². The maximum atomic E-state index is 13.0. The zero-order valence-electron chi connectivity index (χ0n) is 14.6. The summed E-state index contributed by atoms with van der Waals surface area (Å²) >= 11 is 0. The van der Waals surface area contributed by atoms with Crippen LogP contribution in [0.25, 0.3) is 11.2 Å². The van der Waals surface area contributed by atoms with Gasteiger partial charge in [-0.15, -0.1) is 0 Å². The van der Waals surface area contributed by atoms with E-state index in [9.17, 15) is 14.7 Å². The number of carboxylic acids is 1. The van der Waals surface area contributed by atoms with Crippen molar-refractivity contribution in [1.82, 2.24) is 19.4 Å². The van der Waals surface area contributed by atoms with Crippen molar-refractivity contribution in [3.63, 3.8) is 0 Å². The summed E-state index contributed by atoms with van der Waals surface area (Å²) in [5.74, 6) is -1.03. The van der Waals surface area contributed by atoms with Gasteiger partial charge in [0.2, 0.25) is 0 Å². The SMILES string of the molecule is O=C(O)Cn1c(=O)n(C2CCNCC2)c2ncc(N3CCOCC3)cc21. The van der Waals surface area contributed by atoms with Crippen LogP contribution in [0.15, 0.2) is 17.1 Å². The highest BCUT2D eigenvalue weighted by Gasteiger charge is 2.25. The lowest BCUT2D eigenvalue weighted by Crippen LogP contribution is -2.36. The number of rotatable bonds is 4. The number of nitrogens with zero attached hydrogens (tertiary/aromatic N) is 4. The van der Waals surface area contributed by atoms with Gasteiger partial charge in [0.1, 0.15) is 6.54 Å². The first-order valence-electron chi connectivity index (χ1n) is 9.01. The number of piperidine rings is 1. The number of fused-ring (bicyclic) bond motifs is 1. The van der Waals surface area contributed by atoms with Crippen LogP contribution in [-0.2, 0) is 16.1 Å². The van der Waals surface area contributed by atoms with E-state index in [4.69, 9.17) is 4.74 Å².